The molecule has 4 aromatic rings. The van der Waals surface area contributed by atoms with E-state index in [9.17, 15) is 18.0 Å². The second-order valence-electron chi connectivity index (χ2n) is 9.47. The van der Waals surface area contributed by atoms with Gasteiger partial charge in [0.05, 0.1) is 17.4 Å². The number of fused-ring (bicyclic) bond motifs is 1. The summed E-state index contributed by atoms with van der Waals surface area (Å²) >= 11 is 6.29. The monoisotopic (exact) mass is 574 g/mol. The molecule has 0 radical (unpaired) electrons. The van der Waals surface area contributed by atoms with Crippen LogP contribution in [0, 0.1) is 12.8 Å². The fraction of sp³-hybridized carbons (Fsp3) is 0.133. The number of para-hydroxylation sites is 1. The van der Waals surface area contributed by atoms with Gasteiger partial charge in [0.25, 0.3) is 5.91 Å². The standard InChI is InChI=1S/C30H23ClN2O6S/c1-19-24(31)13-8-14-25(19)32-29(34)26-27(33(38-28(26)30(32)35)21-9-4-2-5-10-21)20-15-17-22(18-16-20)39-40(36,37)23-11-6-3-7-12-23/h2-18,26-28H,1H3/t26-,27-,28+/m1/s1. The second-order valence-corrected chi connectivity index (χ2v) is 11.4. The minimum atomic E-state index is -4.03. The fourth-order valence-corrected chi connectivity index (χ4v) is 6.23. The number of rotatable bonds is 6. The van der Waals surface area contributed by atoms with Crippen LogP contribution in [-0.4, -0.2) is 26.3 Å². The molecule has 2 heterocycles. The maximum Gasteiger partial charge on any atom is 0.339 e. The maximum absolute atomic E-state index is 13.9. The van der Waals surface area contributed by atoms with Crippen LogP contribution >= 0.6 is 11.6 Å². The first-order chi connectivity index (χ1) is 19.3. The van der Waals surface area contributed by atoms with Gasteiger partial charge in [-0.05, 0) is 66.6 Å². The molecule has 0 bridgehead atoms. The van der Waals surface area contributed by atoms with Crippen molar-refractivity contribution in [1.29, 1.82) is 0 Å². The molecule has 8 nitrogen and oxygen atoms in total. The largest absolute Gasteiger partial charge is 0.379 e. The highest BCUT2D eigenvalue weighted by Crippen LogP contribution is 2.48. The lowest BCUT2D eigenvalue weighted by atomic mass is 9.90. The van der Waals surface area contributed by atoms with Crippen LogP contribution < -0.4 is 14.1 Å². The Balaban J connectivity index is 1.36. The zero-order valence-corrected chi connectivity index (χ0v) is 22.7. The number of carbonyl (C=O) groups excluding carboxylic acids is 2. The van der Waals surface area contributed by atoms with Crippen LogP contribution in [0.15, 0.2) is 108 Å². The first-order valence-corrected chi connectivity index (χ1v) is 14.3. The number of carbonyl (C=O) groups is 2. The van der Waals surface area contributed by atoms with E-state index in [0.29, 0.717) is 27.5 Å². The van der Waals surface area contributed by atoms with E-state index in [0.717, 1.165) is 4.90 Å². The van der Waals surface area contributed by atoms with E-state index < -0.39 is 40.0 Å². The molecular weight excluding hydrogens is 552 g/mol. The number of anilines is 2. The highest BCUT2D eigenvalue weighted by molar-refractivity contribution is 7.87. The van der Waals surface area contributed by atoms with Crippen LogP contribution in [0.5, 0.6) is 5.75 Å². The van der Waals surface area contributed by atoms with Gasteiger partial charge in [0.15, 0.2) is 6.10 Å². The zero-order valence-electron chi connectivity index (χ0n) is 21.2. The Bertz CT molecular complexity index is 1700. The minimum Gasteiger partial charge on any atom is -0.379 e. The lowest BCUT2D eigenvalue weighted by molar-refractivity contribution is -0.126. The summed E-state index contributed by atoms with van der Waals surface area (Å²) in [7, 11) is -4.03. The van der Waals surface area contributed by atoms with Crippen LogP contribution in [0.2, 0.25) is 5.02 Å². The molecule has 4 aromatic carbocycles. The molecule has 0 aromatic heterocycles. The van der Waals surface area contributed by atoms with Gasteiger partial charge >= 0.3 is 10.1 Å². The summed E-state index contributed by atoms with van der Waals surface area (Å²) in [5.41, 5.74) is 2.34. The Morgan fingerprint density at radius 1 is 0.800 bits per heavy atom. The predicted molar refractivity (Wildman–Crippen MR) is 149 cm³/mol. The van der Waals surface area contributed by atoms with Gasteiger partial charge in [-0.2, -0.15) is 8.42 Å². The Kier molecular flexibility index (Phi) is 6.58. The van der Waals surface area contributed by atoms with E-state index >= 15 is 0 Å². The number of hydroxylamine groups is 1. The van der Waals surface area contributed by atoms with Crippen molar-refractivity contribution in [3.8, 4) is 5.75 Å². The summed E-state index contributed by atoms with van der Waals surface area (Å²) in [5.74, 6) is -1.63. The van der Waals surface area contributed by atoms with Crippen molar-refractivity contribution < 1.29 is 27.0 Å². The molecule has 0 saturated carbocycles. The summed E-state index contributed by atoms with van der Waals surface area (Å²) in [4.78, 5) is 34.8. The van der Waals surface area contributed by atoms with Crippen LogP contribution in [0.25, 0.3) is 0 Å². The van der Waals surface area contributed by atoms with Crippen molar-refractivity contribution in [1.82, 2.24) is 0 Å². The molecular formula is C30H23ClN2O6S. The maximum atomic E-state index is 13.9. The normalized spacial score (nSPS) is 20.6. The van der Waals surface area contributed by atoms with Crippen molar-refractivity contribution >= 4 is 44.9 Å². The first kappa shape index (κ1) is 26.1. The number of benzene rings is 4. The zero-order chi connectivity index (χ0) is 28.0. The number of hydrogen-bond donors (Lipinski definition) is 0. The molecule has 2 saturated heterocycles. The lowest BCUT2D eigenvalue weighted by Crippen LogP contribution is -2.37. The summed E-state index contributed by atoms with van der Waals surface area (Å²) in [5, 5.41) is 2.02. The van der Waals surface area contributed by atoms with E-state index in [1.807, 2.05) is 30.3 Å². The van der Waals surface area contributed by atoms with Crippen molar-refractivity contribution in [2.24, 2.45) is 5.92 Å². The van der Waals surface area contributed by atoms with E-state index in [-0.39, 0.29) is 10.6 Å². The van der Waals surface area contributed by atoms with Crippen molar-refractivity contribution in [2.45, 2.75) is 24.0 Å². The molecule has 10 heteroatoms. The van der Waals surface area contributed by atoms with Gasteiger partial charge in [0.2, 0.25) is 5.91 Å². The summed E-state index contributed by atoms with van der Waals surface area (Å²) in [6, 6.07) is 27.8. The highest BCUT2D eigenvalue weighted by Gasteiger charge is 2.60. The number of halogens is 1. The second kappa shape index (κ2) is 10.1. The van der Waals surface area contributed by atoms with E-state index in [1.54, 1.807) is 60.5 Å². The van der Waals surface area contributed by atoms with Gasteiger partial charge in [-0.3, -0.25) is 14.4 Å². The predicted octanol–water partition coefficient (Wildman–Crippen LogP) is 5.47. The van der Waals surface area contributed by atoms with Crippen molar-refractivity contribution in [3.63, 3.8) is 0 Å². The number of hydrogen-bond acceptors (Lipinski definition) is 7. The average molecular weight is 575 g/mol. The van der Waals surface area contributed by atoms with Gasteiger partial charge in [-0.15, -0.1) is 0 Å². The lowest BCUT2D eigenvalue weighted by Gasteiger charge is -2.29. The van der Waals surface area contributed by atoms with Gasteiger partial charge in [0.1, 0.15) is 16.6 Å². The Hall–Kier alpha value is -4.18. The van der Waals surface area contributed by atoms with Gasteiger partial charge in [-0.25, -0.2) is 9.96 Å². The first-order valence-electron chi connectivity index (χ1n) is 12.5. The third-order valence-corrected chi connectivity index (χ3v) is 8.74. The quantitative estimate of drug-likeness (QED) is 0.223. The topological polar surface area (TPSA) is 93.2 Å². The van der Waals surface area contributed by atoms with Gasteiger partial charge < -0.3 is 4.18 Å². The highest BCUT2D eigenvalue weighted by atomic mass is 35.5. The SMILES string of the molecule is Cc1c(Cl)cccc1N1C(=O)[C@H]2[C@H](ON(c3ccccc3)[C@@H]2c2ccc(OS(=O)(=O)c3ccccc3)cc2)C1=O. The molecule has 0 unspecified atom stereocenters. The number of nitrogens with zero attached hydrogens (tertiary/aromatic N) is 2. The smallest absolute Gasteiger partial charge is 0.339 e. The van der Waals surface area contributed by atoms with E-state index in [1.165, 1.54) is 24.3 Å². The molecule has 2 aliphatic rings. The van der Waals surface area contributed by atoms with Crippen LogP contribution in [-0.2, 0) is 24.5 Å². The summed E-state index contributed by atoms with van der Waals surface area (Å²) in [6.07, 6.45) is -1.05. The molecule has 0 N–H and O–H groups in total. The van der Waals surface area contributed by atoms with Gasteiger partial charge in [-0.1, -0.05) is 66.2 Å². The van der Waals surface area contributed by atoms with Crippen molar-refractivity contribution in [2.75, 3.05) is 9.96 Å². The minimum absolute atomic E-state index is 0.0350. The molecule has 0 spiro atoms. The molecule has 3 atom stereocenters. The molecule has 40 heavy (non-hydrogen) atoms. The third kappa shape index (κ3) is 4.42. The fourth-order valence-electron chi connectivity index (χ4n) is 5.11. The molecule has 0 aliphatic carbocycles. The summed E-state index contributed by atoms with van der Waals surface area (Å²) < 4.78 is 30.7. The van der Waals surface area contributed by atoms with Crippen LogP contribution in [0.4, 0.5) is 11.4 Å². The van der Waals surface area contributed by atoms with Gasteiger partial charge in [0, 0.05) is 5.02 Å². The van der Waals surface area contributed by atoms with Crippen molar-refractivity contribution in [3.05, 3.63) is 119 Å². The molecule has 2 amide bonds. The van der Waals surface area contributed by atoms with E-state index in [2.05, 4.69) is 0 Å². The Morgan fingerprint density at radius 2 is 1.45 bits per heavy atom. The Labute approximate surface area is 236 Å². The number of amides is 2. The Morgan fingerprint density at radius 3 is 2.12 bits per heavy atom. The number of imide groups is 1. The van der Waals surface area contributed by atoms with Crippen LogP contribution in [0.1, 0.15) is 17.2 Å². The average Bonchev–Trinajstić information content (AvgIpc) is 3.47. The summed E-state index contributed by atoms with van der Waals surface area (Å²) in [6.45, 7) is 1.75. The molecule has 6 rings (SSSR count). The molecule has 2 fully saturated rings. The van der Waals surface area contributed by atoms with Crippen LogP contribution in [0.3, 0.4) is 0 Å². The third-order valence-electron chi connectivity index (χ3n) is 7.07. The molecule has 2 aliphatic heterocycles. The van der Waals surface area contributed by atoms with E-state index in [4.69, 9.17) is 20.6 Å². The molecule has 202 valence electrons.